The van der Waals surface area contributed by atoms with Gasteiger partial charge in [0.15, 0.2) is 5.11 Å². The van der Waals surface area contributed by atoms with Crippen LogP contribution in [-0.2, 0) is 0 Å². The van der Waals surface area contributed by atoms with Gasteiger partial charge in [-0.05, 0) is 55.6 Å². The Bertz CT molecular complexity index is 407. The van der Waals surface area contributed by atoms with Gasteiger partial charge in [0.1, 0.15) is 0 Å². The standard InChI is InChI=1S/C14H21ClN2S/c1-9(2)5-6-16-14(18)17-13-11(4)7-10(3)8-12(13)15/h7-9H,5-6H2,1-4H3,(H2,16,17,18). The minimum absolute atomic E-state index is 0.629. The maximum Gasteiger partial charge on any atom is 0.170 e. The molecule has 0 amide bonds. The fourth-order valence-electron chi connectivity index (χ4n) is 1.71. The SMILES string of the molecule is Cc1cc(C)c(NC(=S)NCCC(C)C)c(Cl)c1. The first kappa shape index (κ1) is 15.3. The van der Waals surface area contributed by atoms with Crippen molar-refractivity contribution < 1.29 is 0 Å². The smallest absolute Gasteiger partial charge is 0.170 e. The first-order chi connectivity index (χ1) is 8.40. The highest BCUT2D eigenvalue weighted by Gasteiger charge is 2.07. The summed E-state index contributed by atoms with van der Waals surface area (Å²) in [5.74, 6) is 0.671. The van der Waals surface area contributed by atoms with Crippen molar-refractivity contribution in [3.8, 4) is 0 Å². The van der Waals surface area contributed by atoms with Gasteiger partial charge in [-0.3, -0.25) is 0 Å². The van der Waals surface area contributed by atoms with Crippen molar-refractivity contribution in [1.82, 2.24) is 5.32 Å². The zero-order valence-electron chi connectivity index (χ0n) is 11.4. The molecule has 0 saturated carbocycles. The Balaban J connectivity index is 2.59. The minimum Gasteiger partial charge on any atom is -0.362 e. The van der Waals surface area contributed by atoms with Gasteiger partial charge >= 0.3 is 0 Å². The van der Waals surface area contributed by atoms with Gasteiger partial charge in [0.25, 0.3) is 0 Å². The van der Waals surface area contributed by atoms with Gasteiger partial charge in [0.2, 0.25) is 0 Å². The van der Waals surface area contributed by atoms with E-state index in [1.165, 1.54) is 0 Å². The Kier molecular flexibility index (Phi) is 5.89. The van der Waals surface area contributed by atoms with Gasteiger partial charge in [0, 0.05) is 6.54 Å². The topological polar surface area (TPSA) is 24.1 Å². The first-order valence-corrected chi connectivity index (χ1v) is 7.00. The summed E-state index contributed by atoms with van der Waals surface area (Å²) in [5.41, 5.74) is 3.15. The summed E-state index contributed by atoms with van der Waals surface area (Å²) in [5, 5.41) is 7.70. The van der Waals surface area contributed by atoms with Crippen LogP contribution >= 0.6 is 23.8 Å². The molecular formula is C14H21ClN2S. The molecule has 0 spiro atoms. The largest absolute Gasteiger partial charge is 0.362 e. The molecule has 0 aliphatic carbocycles. The highest BCUT2D eigenvalue weighted by molar-refractivity contribution is 7.80. The maximum absolute atomic E-state index is 6.21. The first-order valence-electron chi connectivity index (χ1n) is 6.21. The summed E-state index contributed by atoms with van der Waals surface area (Å²) in [6.07, 6.45) is 1.10. The predicted molar refractivity (Wildman–Crippen MR) is 84.6 cm³/mol. The van der Waals surface area contributed by atoms with Crippen LogP contribution in [-0.4, -0.2) is 11.7 Å². The summed E-state index contributed by atoms with van der Waals surface area (Å²) < 4.78 is 0. The van der Waals surface area contributed by atoms with Crippen LogP contribution in [0.15, 0.2) is 12.1 Å². The molecule has 0 heterocycles. The minimum atomic E-state index is 0.629. The molecule has 1 aromatic carbocycles. The van der Waals surface area contributed by atoms with Gasteiger partial charge in [0.05, 0.1) is 10.7 Å². The van der Waals surface area contributed by atoms with Crippen LogP contribution in [0.3, 0.4) is 0 Å². The molecule has 0 radical (unpaired) electrons. The van der Waals surface area contributed by atoms with E-state index in [4.69, 9.17) is 23.8 Å². The molecule has 18 heavy (non-hydrogen) atoms. The maximum atomic E-state index is 6.21. The van der Waals surface area contributed by atoms with Crippen LogP contribution in [0.2, 0.25) is 5.02 Å². The second kappa shape index (κ2) is 6.95. The fourth-order valence-corrected chi connectivity index (χ4v) is 2.28. The zero-order chi connectivity index (χ0) is 13.7. The van der Waals surface area contributed by atoms with Gasteiger partial charge in [-0.2, -0.15) is 0 Å². The number of thiocarbonyl (C=S) groups is 1. The number of hydrogen-bond acceptors (Lipinski definition) is 1. The summed E-state index contributed by atoms with van der Waals surface area (Å²) in [6.45, 7) is 9.32. The Morgan fingerprint density at radius 2 is 2.00 bits per heavy atom. The Morgan fingerprint density at radius 1 is 1.33 bits per heavy atom. The van der Waals surface area contributed by atoms with Crippen LogP contribution in [0.5, 0.6) is 0 Å². The molecule has 1 aromatic rings. The molecule has 0 aliphatic rings. The molecule has 2 nitrogen and oxygen atoms in total. The van der Waals surface area contributed by atoms with Crippen molar-refractivity contribution in [2.24, 2.45) is 5.92 Å². The summed E-state index contributed by atoms with van der Waals surface area (Å²) in [6, 6.07) is 4.03. The third-order valence-corrected chi connectivity index (χ3v) is 3.22. The lowest BCUT2D eigenvalue weighted by atomic mass is 10.1. The van der Waals surface area contributed by atoms with E-state index in [0.29, 0.717) is 16.1 Å². The Morgan fingerprint density at radius 3 is 2.56 bits per heavy atom. The second-order valence-electron chi connectivity index (χ2n) is 5.00. The van der Waals surface area contributed by atoms with E-state index >= 15 is 0 Å². The van der Waals surface area contributed by atoms with E-state index in [1.807, 2.05) is 19.9 Å². The van der Waals surface area contributed by atoms with Crippen molar-refractivity contribution in [3.05, 3.63) is 28.3 Å². The number of nitrogens with one attached hydrogen (secondary N) is 2. The number of halogens is 1. The van der Waals surface area contributed by atoms with E-state index in [-0.39, 0.29) is 0 Å². The van der Waals surface area contributed by atoms with Crippen molar-refractivity contribution in [3.63, 3.8) is 0 Å². The zero-order valence-corrected chi connectivity index (χ0v) is 13.0. The monoisotopic (exact) mass is 284 g/mol. The number of benzene rings is 1. The van der Waals surface area contributed by atoms with E-state index < -0.39 is 0 Å². The lowest BCUT2D eigenvalue weighted by Crippen LogP contribution is -2.30. The van der Waals surface area contributed by atoms with Crippen LogP contribution in [0.25, 0.3) is 0 Å². The molecule has 0 atom stereocenters. The molecule has 0 saturated heterocycles. The van der Waals surface area contributed by atoms with Gasteiger partial charge < -0.3 is 10.6 Å². The third-order valence-electron chi connectivity index (χ3n) is 2.68. The summed E-state index contributed by atoms with van der Waals surface area (Å²) in [7, 11) is 0. The van der Waals surface area contributed by atoms with E-state index in [9.17, 15) is 0 Å². The summed E-state index contributed by atoms with van der Waals surface area (Å²) in [4.78, 5) is 0. The molecule has 0 unspecified atom stereocenters. The lowest BCUT2D eigenvalue weighted by molar-refractivity contribution is 0.579. The van der Waals surface area contributed by atoms with E-state index in [2.05, 4.69) is 30.5 Å². The number of aryl methyl sites for hydroxylation is 2. The molecule has 0 bridgehead atoms. The van der Waals surface area contributed by atoms with Crippen LogP contribution in [0.1, 0.15) is 31.4 Å². The molecule has 0 aliphatic heterocycles. The highest BCUT2D eigenvalue weighted by atomic mass is 35.5. The van der Waals surface area contributed by atoms with Gasteiger partial charge in [-0.25, -0.2) is 0 Å². The fraction of sp³-hybridized carbons (Fsp3) is 0.500. The van der Waals surface area contributed by atoms with E-state index in [0.717, 1.165) is 29.8 Å². The molecule has 0 aromatic heterocycles. The Labute approximate surface area is 120 Å². The average molecular weight is 285 g/mol. The average Bonchev–Trinajstić information content (AvgIpc) is 2.22. The van der Waals surface area contributed by atoms with E-state index in [1.54, 1.807) is 0 Å². The van der Waals surface area contributed by atoms with Gasteiger partial charge in [-0.1, -0.05) is 31.5 Å². The van der Waals surface area contributed by atoms with Gasteiger partial charge in [-0.15, -0.1) is 0 Å². The highest BCUT2D eigenvalue weighted by Crippen LogP contribution is 2.27. The number of rotatable bonds is 4. The summed E-state index contributed by atoms with van der Waals surface area (Å²) >= 11 is 11.5. The van der Waals surface area contributed by atoms with Crippen molar-refractivity contribution in [2.75, 3.05) is 11.9 Å². The molecule has 2 N–H and O–H groups in total. The Hall–Kier alpha value is -0.800. The lowest BCUT2D eigenvalue weighted by Gasteiger charge is -2.15. The predicted octanol–water partition coefficient (Wildman–Crippen LogP) is 4.29. The van der Waals surface area contributed by atoms with Crippen LogP contribution in [0.4, 0.5) is 5.69 Å². The number of hydrogen-bond donors (Lipinski definition) is 2. The normalized spacial score (nSPS) is 10.6. The molecule has 1 rings (SSSR count). The van der Waals surface area contributed by atoms with Crippen LogP contribution in [0, 0.1) is 19.8 Å². The van der Waals surface area contributed by atoms with Crippen molar-refractivity contribution >= 4 is 34.6 Å². The van der Waals surface area contributed by atoms with Crippen LogP contribution < -0.4 is 10.6 Å². The number of anilines is 1. The molecule has 100 valence electrons. The second-order valence-corrected chi connectivity index (χ2v) is 5.82. The molecule has 4 heteroatoms. The van der Waals surface area contributed by atoms with Crippen molar-refractivity contribution in [2.45, 2.75) is 34.1 Å². The molecular weight excluding hydrogens is 264 g/mol. The quantitative estimate of drug-likeness (QED) is 0.807. The van der Waals surface area contributed by atoms with Crippen molar-refractivity contribution in [1.29, 1.82) is 0 Å². The third kappa shape index (κ3) is 4.83. The molecule has 0 fully saturated rings.